The molecule has 0 bridgehead atoms. The van der Waals surface area contributed by atoms with Gasteiger partial charge in [0, 0.05) is 12.3 Å². The molecule has 1 N–H and O–H groups in total. The lowest BCUT2D eigenvalue weighted by Crippen LogP contribution is -2.19. The van der Waals surface area contributed by atoms with Crippen molar-refractivity contribution in [2.45, 2.75) is 6.54 Å². The number of nitrogens with zero attached hydrogens (tertiary/aromatic N) is 1. The fourth-order valence-corrected chi connectivity index (χ4v) is 1.42. The molecule has 0 radical (unpaired) electrons. The number of hydrogen-bond acceptors (Lipinski definition) is 2. The average molecular weight is 219 g/mol. The predicted octanol–water partition coefficient (Wildman–Crippen LogP) is 1.74. The minimum Gasteiger partial charge on any atom is -0.508 e. The molecular formula is C12H10FNO2. The minimum absolute atomic E-state index is 0.162. The van der Waals surface area contributed by atoms with Crippen LogP contribution in [0.1, 0.15) is 5.56 Å². The molecular weight excluding hydrogens is 209 g/mol. The van der Waals surface area contributed by atoms with E-state index in [1.54, 1.807) is 12.1 Å². The molecule has 0 aliphatic carbocycles. The van der Waals surface area contributed by atoms with Gasteiger partial charge in [-0.15, -0.1) is 0 Å². The highest BCUT2D eigenvalue weighted by molar-refractivity contribution is 5.26. The predicted molar refractivity (Wildman–Crippen MR) is 57.9 cm³/mol. The first-order chi connectivity index (χ1) is 7.65. The van der Waals surface area contributed by atoms with Gasteiger partial charge in [-0.1, -0.05) is 12.1 Å². The smallest absolute Gasteiger partial charge is 0.251 e. The topological polar surface area (TPSA) is 42.2 Å². The van der Waals surface area contributed by atoms with Crippen LogP contribution in [0.25, 0.3) is 0 Å². The maximum atomic E-state index is 12.9. The van der Waals surface area contributed by atoms with Crippen molar-refractivity contribution in [3.63, 3.8) is 0 Å². The Morgan fingerprint density at radius 2 is 1.81 bits per heavy atom. The third-order valence-electron chi connectivity index (χ3n) is 2.24. The molecule has 0 amide bonds. The van der Waals surface area contributed by atoms with Crippen LogP contribution in [0.3, 0.4) is 0 Å². The van der Waals surface area contributed by atoms with E-state index in [4.69, 9.17) is 5.11 Å². The SMILES string of the molecule is O=c1ccc(F)cn1Cc1ccc(O)cc1. The first-order valence-corrected chi connectivity index (χ1v) is 4.79. The third kappa shape index (κ3) is 2.28. The van der Waals surface area contributed by atoms with Crippen molar-refractivity contribution in [2.24, 2.45) is 0 Å². The van der Waals surface area contributed by atoms with Crippen molar-refractivity contribution in [1.82, 2.24) is 4.57 Å². The fraction of sp³-hybridized carbons (Fsp3) is 0.0833. The molecule has 1 heterocycles. The summed E-state index contributed by atoms with van der Waals surface area (Å²) in [7, 11) is 0. The molecule has 1 aromatic carbocycles. The summed E-state index contributed by atoms with van der Waals surface area (Å²) in [5.74, 6) is -0.284. The van der Waals surface area contributed by atoms with Crippen LogP contribution >= 0.6 is 0 Å². The van der Waals surface area contributed by atoms with Crippen molar-refractivity contribution in [2.75, 3.05) is 0 Å². The van der Waals surface area contributed by atoms with E-state index in [1.165, 1.54) is 22.8 Å². The quantitative estimate of drug-likeness (QED) is 0.835. The molecule has 0 unspecified atom stereocenters. The summed E-state index contributed by atoms with van der Waals surface area (Å²) in [5.41, 5.74) is 0.569. The second-order valence-electron chi connectivity index (χ2n) is 3.48. The minimum atomic E-state index is -0.446. The van der Waals surface area contributed by atoms with E-state index >= 15 is 0 Å². The summed E-state index contributed by atoms with van der Waals surface area (Å²) in [5, 5.41) is 9.09. The van der Waals surface area contributed by atoms with Gasteiger partial charge in [0.05, 0.1) is 6.54 Å². The molecule has 0 spiro atoms. The molecule has 2 aromatic rings. The third-order valence-corrected chi connectivity index (χ3v) is 2.24. The zero-order valence-electron chi connectivity index (χ0n) is 8.43. The van der Waals surface area contributed by atoms with Gasteiger partial charge in [0.25, 0.3) is 5.56 Å². The van der Waals surface area contributed by atoms with Gasteiger partial charge in [-0.05, 0) is 23.8 Å². The van der Waals surface area contributed by atoms with Crippen LogP contribution < -0.4 is 5.56 Å². The largest absolute Gasteiger partial charge is 0.508 e. The molecule has 4 heteroatoms. The maximum Gasteiger partial charge on any atom is 0.251 e. The molecule has 3 nitrogen and oxygen atoms in total. The normalized spacial score (nSPS) is 10.3. The van der Waals surface area contributed by atoms with E-state index in [9.17, 15) is 9.18 Å². The number of halogens is 1. The number of benzene rings is 1. The molecule has 1 aromatic heterocycles. The summed E-state index contributed by atoms with van der Waals surface area (Å²) in [6, 6.07) is 8.75. The number of phenols is 1. The van der Waals surface area contributed by atoms with E-state index in [-0.39, 0.29) is 17.9 Å². The van der Waals surface area contributed by atoms with Gasteiger partial charge in [-0.3, -0.25) is 4.79 Å². The molecule has 0 fully saturated rings. The van der Waals surface area contributed by atoms with E-state index < -0.39 is 5.82 Å². The van der Waals surface area contributed by atoms with Crippen molar-refractivity contribution in [1.29, 1.82) is 0 Å². The number of phenolic OH excluding ortho intramolecular Hbond substituents is 1. The molecule has 0 saturated heterocycles. The highest BCUT2D eigenvalue weighted by Crippen LogP contribution is 2.10. The molecule has 0 aliphatic heterocycles. The highest BCUT2D eigenvalue weighted by atomic mass is 19.1. The van der Waals surface area contributed by atoms with Crippen LogP contribution in [0, 0.1) is 5.82 Å². The lowest BCUT2D eigenvalue weighted by Gasteiger charge is -2.05. The van der Waals surface area contributed by atoms with Crippen LogP contribution in [0.5, 0.6) is 5.75 Å². The Balaban J connectivity index is 2.30. The van der Waals surface area contributed by atoms with E-state index in [2.05, 4.69) is 0 Å². The second-order valence-corrected chi connectivity index (χ2v) is 3.48. The Hall–Kier alpha value is -2.10. The van der Waals surface area contributed by atoms with Crippen molar-refractivity contribution in [3.8, 4) is 5.75 Å². The number of rotatable bonds is 2. The average Bonchev–Trinajstić information content (AvgIpc) is 2.27. The summed E-state index contributed by atoms with van der Waals surface area (Å²) < 4.78 is 14.2. The van der Waals surface area contributed by atoms with Gasteiger partial charge < -0.3 is 9.67 Å². The van der Waals surface area contributed by atoms with E-state index in [0.717, 1.165) is 17.8 Å². The Morgan fingerprint density at radius 3 is 2.50 bits per heavy atom. The van der Waals surface area contributed by atoms with Crippen molar-refractivity contribution >= 4 is 0 Å². The lowest BCUT2D eigenvalue weighted by atomic mass is 10.2. The first-order valence-electron chi connectivity index (χ1n) is 4.79. The Kier molecular flexibility index (Phi) is 2.72. The van der Waals surface area contributed by atoms with Crippen LogP contribution in [0.4, 0.5) is 4.39 Å². The molecule has 0 aliphatic rings. The molecule has 2 rings (SSSR count). The molecule has 82 valence electrons. The number of pyridine rings is 1. The zero-order chi connectivity index (χ0) is 11.5. The summed E-state index contributed by atoms with van der Waals surface area (Å²) >= 11 is 0. The highest BCUT2D eigenvalue weighted by Gasteiger charge is 1.99. The van der Waals surface area contributed by atoms with Gasteiger partial charge in [0.15, 0.2) is 0 Å². The van der Waals surface area contributed by atoms with Crippen LogP contribution in [0.15, 0.2) is 47.4 Å². The van der Waals surface area contributed by atoms with Gasteiger partial charge >= 0.3 is 0 Å². The Labute approximate surface area is 91.4 Å². The van der Waals surface area contributed by atoms with Crippen LogP contribution in [-0.4, -0.2) is 9.67 Å². The standard InChI is InChI=1S/C12H10FNO2/c13-10-3-6-12(16)14(8-10)7-9-1-4-11(15)5-2-9/h1-6,8,15H,7H2. The summed E-state index contributed by atoms with van der Waals surface area (Å²) in [4.78, 5) is 11.4. The molecule has 16 heavy (non-hydrogen) atoms. The van der Waals surface area contributed by atoms with E-state index in [0.29, 0.717) is 0 Å². The van der Waals surface area contributed by atoms with Crippen LogP contribution in [0.2, 0.25) is 0 Å². The second kappa shape index (κ2) is 4.18. The Morgan fingerprint density at radius 1 is 1.12 bits per heavy atom. The van der Waals surface area contributed by atoms with Crippen molar-refractivity contribution in [3.05, 3.63) is 64.3 Å². The Bertz CT molecular complexity index is 546. The van der Waals surface area contributed by atoms with Crippen LogP contribution in [-0.2, 0) is 6.54 Å². The van der Waals surface area contributed by atoms with Crippen molar-refractivity contribution < 1.29 is 9.50 Å². The maximum absolute atomic E-state index is 12.9. The number of aromatic hydroxyl groups is 1. The van der Waals surface area contributed by atoms with Gasteiger partial charge in [-0.25, -0.2) is 4.39 Å². The molecule has 0 saturated carbocycles. The monoisotopic (exact) mass is 219 g/mol. The molecule has 0 atom stereocenters. The van der Waals surface area contributed by atoms with Gasteiger partial charge in [0.2, 0.25) is 0 Å². The number of hydrogen-bond donors (Lipinski definition) is 1. The lowest BCUT2D eigenvalue weighted by molar-refractivity contribution is 0.475. The fourth-order valence-electron chi connectivity index (χ4n) is 1.42. The summed E-state index contributed by atoms with van der Waals surface area (Å²) in [6.07, 6.45) is 1.16. The zero-order valence-corrected chi connectivity index (χ0v) is 8.43. The number of aromatic nitrogens is 1. The van der Waals surface area contributed by atoms with Gasteiger partial charge in [0.1, 0.15) is 11.6 Å². The summed E-state index contributed by atoms with van der Waals surface area (Å²) in [6.45, 7) is 0.289. The van der Waals surface area contributed by atoms with Gasteiger partial charge in [-0.2, -0.15) is 0 Å². The van der Waals surface area contributed by atoms with E-state index in [1.807, 2.05) is 0 Å². The first kappa shape index (κ1) is 10.4.